The highest BCUT2D eigenvalue weighted by Crippen LogP contribution is 2.13. The molecule has 2 N–H and O–H groups in total. The first-order valence-corrected chi connectivity index (χ1v) is 6.50. The first-order chi connectivity index (χ1) is 8.17. The molecule has 0 aliphatic rings. The zero-order valence-electron chi connectivity index (χ0n) is 11.3. The van der Waals surface area contributed by atoms with E-state index in [1.165, 1.54) is 0 Å². The number of hydrogen-bond acceptors (Lipinski definition) is 4. The van der Waals surface area contributed by atoms with Crippen LogP contribution in [-0.4, -0.2) is 22.6 Å². The monoisotopic (exact) mass is 236 g/mol. The first kappa shape index (κ1) is 13.7. The molecule has 0 radical (unpaired) electrons. The van der Waals surface area contributed by atoms with E-state index in [2.05, 4.69) is 48.3 Å². The Labute approximate surface area is 104 Å². The van der Waals surface area contributed by atoms with Crippen molar-refractivity contribution in [3.05, 3.63) is 12.3 Å². The SMILES string of the molecule is CCCNc1nccc(NC(CC)C(C)C)n1. The maximum absolute atomic E-state index is 4.45. The third-order valence-electron chi connectivity index (χ3n) is 2.77. The molecule has 0 spiro atoms. The van der Waals surface area contributed by atoms with Gasteiger partial charge in [-0.05, 0) is 24.8 Å². The summed E-state index contributed by atoms with van der Waals surface area (Å²) in [6.07, 6.45) is 3.96. The molecular formula is C13H24N4. The first-order valence-electron chi connectivity index (χ1n) is 6.50. The lowest BCUT2D eigenvalue weighted by Gasteiger charge is -2.21. The van der Waals surface area contributed by atoms with Crippen LogP contribution in [-0.2, 0) is 0 Å². The quantitative estimate of drug-likeness (QED) is 0.763. The molecule has 0 bridgehead atoms. The fraction of sp³-hybridized carbons (Fsp3) is 0.692. The summed E-state index contributed by atoms with van der Waals surface area (Å²) in [5.41, 5.74) is 0. The summed E-state index contributed by atoms with van der Waals surface area (Å²) in [5, 5.41) is 6.65. The van der Waals surface area contributed by atoms with Gasteiger partial charge in [-0.3, -0.25) is 0 Å². The normalized spacial score (nSPS) is 12.5. The Hall–Kier alpha value is -1.32. The topological polar surface area (TPSA) is 49.8 Å². The Bertz CT molecular complexity index is 325. The second-order valence-electron chi connectivity index (χ2n) is 4.60. The molecule has 0 aliphatic carbocycles. The molecule has 0 saturated heterocycles. The predicted molar refractivity (Wildman–Crippen MR) is 73.4 cm³/mol. The Morgan fingerprint density at radius 3 is 2.65 bits per heavy atom. The molecule has 4 nitrogen and oxygen atoms in total. The molecular weight excluding hydrogens is 212 g/mol. The van der Waals surface area contributed by atoms with Crippen LogP contribution in [0.1, 0.15) is 40.5 Å². The van der Waals surface area contributed by atoms with Crippen LogP contribution < -0.4 is 10.6 Å². The molecule has 0 fully saturated rings. The lowest BCUT2D eigenvalue weighted by atomic mass is 10.0. The molecule has 1 aromatic rings. The Morgan fingerprint density at radius 2 is 2.06 bits per heavy atom. The average Bonchev–Trinajstić information content (AvgIpc) is 2.33. The maximum Gasteiger partial charge on any atom is 0.224 e. The summed E-state index contributed by atoms with van der Waals surface area (Å²) in [6.45, 7) is 9.66. The second kappa shape index (κ2) is 7.09. The van der Waals surface area contributed by atoms with Gasteiger partial charge in [0.05, 0.1) is 0 Å². The van der Waals surface area contributed by atoms with Gasteiger partial charge in [-0.2, -0.15) is 4.98 Å². The van der Waals surface area contributed by atoms with E-state index in [0.29, 0.717) is 17.9 Å². The fourth-order valence-electron chi connectivity index (χ4n) is 1.69. The van der Waals surface area contributed by atoms with Crippen molar-refractivity contribution in [3.8, 4) is 0 Å². The smallest absolute Gasteiger partial charge is 0.224 e. The van der Waals surface area contributed by atoms with Crippen molar-refractivity contribution < 1.29 is 0 Å². The zero-order valence-corrected chi connectivity index (χ0v) is 11.3. The molecule has 1 atom stereocenters. The van der Waals surface area contributed by atoms with Crippen molar-refractivity contribution in [3.63, 3.8) is 0 Å². The summed E-state index contributed by atoms with van der Waals surface area (Å²) < 4.78 is 0. The van der Waals surface area contributed by atoms with Crippen LogP contribution in [0.4, 0.5) is 11.8 Å². The van der Waals surface area contributed by atoms with Crippen molar-refractivity contribution in [2.24, 2.45) is 5.92 Å². The predicted octanol–water partition coefficient (Wildman–Crippen LogP) is 3.15. The summed E-state index contributed by atoms with van der Waals surface area (Å²) in [7, 11) is 0. The molecule has 1 heterocycles. The lowest BCUT2D eigenvalue weighted by molar-refractivity contribution is 0.510. The summed E-state index contributed by atoms with van der Waals surface area (Å²) in [6, 6.07) is 2.38. The number of nitrogens with zero attached hydrogens (tertiary/aromatic N) is 2. The summed E-state index contributed by atoms with van der Waals surface area (Å²) in [5.74, 6) is 2.21. The second-order valence-corrected chi connectivity index (χ2v) is 4.60. The lowest BCUT2D eigenvalue weighted by Crippen LogP contribution is -2.25. The molecule has 0 saturated carbocycles. The number of nitrogens with one attached hydrogen (secondary N) is 2. The van der Waals surface area contributed by atoms with Crippen molar-refractivity contribution in [2.45, 2.75) is 46.6 Å². The Kier molecular flexibility index (Phi) is 5.73. The molecule has 0 aliphatic heterocycles. The highest BCUT2D eigenvalue weighted by Gasteiger charge is 2.11. The standard InChI is InChI=1S/C13H24N4/c1-5-8-14-13-15-9-7-12(17-13)16-11(6-2)10(3)4/h7,9-11H,5-6,8H2,1-4H3,(H2,14,15,16,17). The van der Waals surface area contributed by atoms with E-state index in [1.54, 1.807) is 6.20 Å². The van der Waals surface area contributed by atoms with Crippen molar-refractivity contribution >= 4 is 11.8 Å². The number of aromatic nitrogens is 2. The molecule has 0 aromatic carbocycles. The van der Waals surface area contributed by atoms with Gasteiger partial charge in [0.1, 0.15) is 5.82 Å². The van der Waals surface area contributed by atoms with E-state index in [9.17, 15) is 0 Å². The maximum atomic E-state index is 4.45. The van der Waals surface area contributed by atoms with Gasteiger partial charge in [-0.15, -0.1) is 0 Å². The largest absolute Gasteiger partial charge is 0.367 e. The van der Waals surface area contributed by atoms with Gasteiger partial charge in [0.25, 0.3) is 0 Å². The van der Waals surface area contributed by atoms with Crippen LogP contribution in [0.2, 0.25) is 0 Å². The molecule has 4 heteroatoms. The van der Waals surface area contributed by atoms with Gasteiger partial charge in [0.2, 0.25) is 5.95 Å². The van der Waals surface area contributed by atoms with Crippen LogP contribution in [0.25, 0.3) is 0 Å². The van der Waals surface area contributed by atoms with E-state index >= 15 is 0 Å². The molecule has 96 valence electrons. The van der Waals surface area contributed by atoms with Crippen LogP contribution >= 0.6 is 0 Å². The van der Waals surface area contributed by atoms with Gasteiger partial charge >= 0.3 is 0 Å². The van der Waals surface area contributed by atoms with E-state index in [1.807, 2.05) is 6.07 Å². The highest BCUT2D eigenvalue weighted by atomic mass is 15.1. The minimum absolute atomic E-state index is 0.462. The van der Waals surface area contributed by atoms with E-state index < -0.39 is 0 Å². The minimum atomic E-state index is 0.462. The van der Waals surface area contributed by atoms with Crippen LogP contribution in [0.3, 0.4) is 0 Å². The van der Waals surface area contributed by atoms with E-state index in [0.717, 1.165) is 25.2 Å². The molecule has 0 amide bonds. The van der Waals surface area contributed by atoms with Gasteiger partial charge in [-0.1, -0.05) is 27.7 Å². The van der Waals surface area contributed by atoms with Crippen LogP contribution in [0, 0.1) is 5.92 Å². The zero-order chi connectivity index (χ0) is 12.7. The van der Waals surface area contributed by atoms with E-state index in [4.69, 9.17) is 0 Å². The number of hydrogen-bond donors (Lipinski definition) is 2. The molecule has 1 aromatic heterocycles. The van der Waals surface area contributed by atoms with Gasteiger partial charge in [0.15, 0.2) is 0 Å². The molecule has 1 rings (SSSR count). The fourth-order valence-corrected chi connectivity index (χ4v) is 1.69. The minimum Gasteiger partial charge on any atom is -0.367 e. The van der Waals surface area contributed by atoms with Gasteiger partial charge in [-0.25, -0.2) is 4.98 Å². The number of anilines is 2. The van der Waals surface area contributed by atoms with Gasteiger partial charge < -0.3 is 10.6 Å². The van der Waals surface area contributed by atoms with Crippen molar-refractivity contribution in [2.75, 3.05) is 17.2 Å². The van der Waals surface area contributed by atoms with Crippen molar-refractivity contribution in [1.82, 2.24) is 9.97 Å². The van der Waals surface area contributed by atoms with E-state index in [-0.39, 0.29) is 0 Å². The highest BCUT2D eigenvalue weighted by molar-refractivity contribution is 5.40. The van der Waals surface area contributed by atoms with Crippen LogP contribution in [0.15, 0.2) is 12.3 Å². The molecule has 1 unspecified atom stereocenters. The van der Waals surface area contributed by atoms with Gasteiger partial charge in [0, 0.05) is 18.8 Å². The Balaban J connectivity index is 2.64. The molecule has 17 heavy (non-hydrogen) atoms. The summed E-state index contributed by atoms with van der Waals surface area (Å²) >= 11 is 0. The third-order valence-corrected chi connectivity index (χ3v) is 2.77. The average molecular weight is 236 g/mol. The number of rotatable bonds is 7. The van der Waals surface area contributed by atoms with Crippen molar-refractivity contribution in [1.29, 1.82) is 0 Å². The third kappa shape index (κ3) is 4.59. The summed E-state index contributed by atoms with van der Waals surface area (Å²) in [4.78, 5) is 8.64. The Morgan fingerprint density at radius 1 is 1.29 bits per heavy atom. The van der Waals surface area contributed by atoms with Crippen LogP contribution in [0.5, 0.6) is 0 Å².